The third-order valence-corrected chi connectivity index (χ3v) is 4.03. The van der Waals surface area contributed by atoms with E-state index in [2.05, 4.69) is 5.32 Å². The van der Waals surface area contributed by atoms with Gasteiger partial charge in [-0.15, -0.1) is 0 Å². The number of rotatable bonds is 1. The molecular formula is C9H17NO4S. The summed E-state index contributed by atoms with van der Waals surface area (Å²) in [4.78, 5) is 11.3. The fourth-order valence-electron chi connectivity index (χ4n) is 1.55. The summed E-state index contributed by atoms with van der Waals surface area (Å²) in [6, 6.07) is 0. The maximum absolute atomic E-state index is 11.3. The Labute approximate surface area is 90.1 Å². The normalized spacial score (nSPS) is 22.7. The zero-order chi connectivity index (χ0) is 11.9. The van der Waals surface area contributed by atoms with Gasteiger partial charge in [0, 0.05) is 0 Å². The molecule has 0 bridgehead atoms. The molecule has 0 unspecified atom stereocenters. The van der Waals surface area contributed by atoms with E-state index in [0.717, 1.165) is 0 Å². The monoisotopic (exact) mass is 235 g/mol. The van der Waals surface area contributed by atoms with Gasteiger partial charge in [-0.3, -0.25) is 0 Å². The van der Waals surface area contributed by atoms with Gasteiger partial charge in [0.15, 0.2) is 9.84 Å². The second kappa shape index (κ2) is 3.37. The van der Waals surface area contributed by atoms with E-state index >= 15 is 0 Å². The first kappa shape index (κ1) is 12.3. The summed E-state index contributed by atoms with van der Waals surface area (Å²) in [5, 5.41) is 2.56. The second-order valence-electron chi connectivity index (χ2n) is 5.22. The van der Waals surface area contributed by atoms with E-state index in [4.69, 9.17) is 4.74 Å². The largest absolute Gasteiger partial charge is 0.444 e. The molecule has 15 heavy (non-hydrogen) atoms. The Balaban J connectivity index is 2.47. The average Bonchev–Trinajstić information content (AvgIpc) is 1.73. The van der Waals surface area contributed by atoms with Crippen LogP contribution in [0.15, 0.2) is 0 Å². The lowest BCUT2D eigenvalue weighted by Crippen LogP contribution is -2.63. The first-order valence-electron chi connectivity index (χ1n) is 4.73. The van der Waals surface area contributed by atoms with Crippen molar-refractivity contribution in [2.45, 2.75) is 38.8 Å². The Bertz CT molecular complexity index is 354. The molecule has 0 aromatic carbocycles. The topological polar surface area (TPSA) is 72.5 Å². The summed E-state index contributed by atoms with van der Waals surface area (Å²) >= 11 is 0. The van der Waals surface area contributed by atoms with Crippen molar-refractivity contribution in [3.63, 3.8) is 0 Å². The molecule has 1 rings (SSSR count). The summed E-state index contributed by atoms with van der Waals surface area (Å²) in [5.41, 5.74) is -1.23. The fraction of sp³-hybridized carbons (Fsp3) is 0.889. The second-order valence-corrected chi connectivity index (χ2v) is 7.28. The van der Waals surface area contributed by atoms with Crippen LogP contribution in [-0.2, 0) is 14.6 Å². The molecule has 88 valence electrons. The molecule has 0 saturated carbocycles. The summed E-state index contributed by atoms with van der Waals surface area (Å²) in [5.74, 6) is -0.0293. The highest BCUT2D eigenvalue weighted by atomic mass is 32.2. The predicted molar refractivity (Wildman–Crippen MR) is 56.4 cm³/mol. The SMILES string of the molecule is CC1(NC(=O)OC(C)(C)C)CS(=O)(=O)C1. The Morgan fingerprint density at radius 2 is 1.80 bits per heavy atom. The molecule has 1 aliphatic rings. The fourth-order valence-corrected chi connectivity index (χ4v) is 3.55. The molecule has 5 nitrogen and oxygen atoms in total. The molecule has 1 saturated heterocycles. The molecule has 0 aromatic rings. The lowest BCUT2D eigenvalue weighted by atomic mass is 10.1. The van der Waals surface area contributed by atoms with Gasteiger partial charge < -0.3 is 10.1 Å². The van der Waals surface area contributed by atoms with Crippen LogP contribution in [0.5, 0.6) is 0 Å². The highest BCUT2D eigenvalue weighted by molar-refractivity contribution is 7.93. The molecule has 1 N–H and O–H groups in total. The van der Waals surface area contributed by atoms with Crippen molar-refractivity contribution in [1.82, 2.24) is 5.32 Å². The van der Waals surface area contributed by atoms with Gasteiger partial charge in [-0.25, -0.2) is 13.2 Å². The third-order valence-electron chi connectivity index (χ3n) is 1.88. The zero-order valence-corrected chi connectivity index (χ0v) is 10.3. The van der Waals surface area contributed by atoms with E-state index in [9.17, 15) is 13.2 Å². The van der Waals surface area contributed by atoms with Crippen LogP contribution in [0, 0.1) is 0 Å². The van der Waals surface area contributed by atoms with Crippen LogP contribution in [0.4, 0.5) is 4.79 Å². The summed E-state index contributed by atoms with van der Waals surface area (Å²) in [7, 11) is -2.95. The van der Waals surface area contributed by atoms with E-state index in [1.807, 2.05) is 0 Å². The number of nitrogens with one attached hydrogen (secondary N) is 1. The van der Waals surface area contributed by atoms with Gasteiger partial charge in [-0.2, -0.15) is 0 Å². The number of hydrogen-bond donors (Lipinski definition) is 1. The number of alkyl carbamates (subject to hydrolysis) is 1. The first-order valence-corrected chi connectivity index (χ1v) is 6.55. The zero-order valence-electron chi connectivity index (χ0n) is 9.46. The van der Waals surface area contributed by atoms with Crippen LogP contribution in [-0.4, -0.2) is 37.2 Å². The minimum Gasteiger partial charge on any atom is -0.444 e. The first-order chi connectivity index (χ1) is 6.52. The van der Waals surface area contributed by atoms with Crippen molar-refractivity contribution in [3.8, 4) is 0 Å². The minimum absolute atomic E-state index is 0.0146. The van der Waals surface area contributed by atoms with Crippen molar-refractivity contribution < 1.29 is 17.9 Å². The molecule has 0 aromatic heterocycles. The minimum atomic E-state index is -2.95. The number of ether oxygens (including phenoxy) is 1. The molecule has 1 heterocycles. The van der Waals surface area contributed by atoms with Crippen LogP contribution in [0.25, 0.3) is 0 Å². The summed E-state index contributed by atoms with van der Waals surface area (Å²) < 4.78 is 27.0. The maximum Gasteiger partial charge on any atom is 0.408 e. The maximum atomic E-state index is 11.3. The van der Waals surface area contributed by atoms with Crippen molar-refractivity contribution in [2.75, 3.05) is 11.5 Å². The molecular weight excluding hydrogens is 218 g/mol. The van der Waals surface area contributed by atoms with Gasteiger partial charge in [0.05, 0.1) is 17.0 Å². The number of carbonyl (C=O) groups is 1. The van der Waals surface area contributed by atoms with Crippen LogP contribution < -0.4 is 5.32 Å². The molecule has 0 atom stereocenters. The summed E-state index contributed by atoms with van der Waals surface area (Å²) in [6.45, 7) is 6.96. The molecule has 1 amide bonds. The molecule has 0 aliphatic carbocycles. The highest BCUT2D eigenvalue weighted by Crippen LogP contribution is 2.23. The number of amides is 1. The van der Waals surface area contributed by atoms with Gasteiger partial charge >= 0.3 is 6.09 Å². The van der Waals surface area contributed by atoms with Crippen LogP contribution in [0.1, 0.15) is 27.7 Å². The quantitative estimate of drug-likeness (QED) is 0.726. The Morgan fingerprint density at radius 1 is 1.33 bits per heavy atom. The van der Waals surface area contributed by atoms with Crippen molar-refractivity contribution in [3.05, 3.63) is 0 Å². The van der Waals surface area contributed by atoms with E-state index < -0.39 is 27.1 Å². The molecule has 6 heteroatoms. The lowest BCUT2D eigenvalue weighted by molar-refractivity contribution is 0.0477. The Morgan fingerprint density at radius 3 is 2.13 bits per heavy atom. The Kier molecular flexibility index (Phi) is 2.76. The summed E-state index contributed by atoms with van der Waals surface area (Å²) in [6.07, 6.45) is -0.570. The van der Waals surface area contributed by atoms with Crippen molar-refractivity contribution in [1.29, 1.82) is 0 Å². The van der Waals surface area contributed by atoms with Crippen molar-refractivity contribution in [2.24, 2.45) is 0 Å². The third kappa shape index (κ3) is 3.70. The smallest absolute Gasteiger partial charge is 0.408 e. The van der Waals surface area contributed by atoms with Gasteiger partial charge in [0.1, 0.15) is 5.60 Å². The van der Waals surface area contributed by atoms with Gasteiger partial charge in [-0.05, 0) is 27.7 Å². The van der Waals surface area contributed by atoms with E-state index in [0.29, 0.717) is 0 Å². The van der Waals surface area contributed by atoms with Crippen molar-refractivity contribution >= 4 is 15.9 Å². The molecule has 0 radical (unpaired) electrons. The van der Waals surface area contributed by atoms with E-state index in [1.54, 1.807) is 27.7 Å². The van der Waals surface area contributed by atoms with Gasteiger partial charge in [0.25, 0.3) is 0 Å². The van der Waals surface area contributed by atoms with Gasteiger partial charge in [-0.1, -0.05) is 0 Å². The lowest BCUT2D eigenvalue weighted by Gasteiger charge is -2.38. The average molecular weight is 235 g/mol. The van der Waals surface area contributed by atoms with Crippen LogP contribution in [0.2, 0.25) is 0 Å². The van der Waals surface area contributed by atoms with Crippen LogP contribution >= 0.6 is 0 Å². The molecule has 0 spiro atoms. The number of carbonyl (C=O) groups excluding carboxylic acids is 1. The molecule has 1 aliphatic heterocycles. The standard InChI is InChI=1S/C9H17NO4S/c1-8(2,3)14-7(11)10-9(4)5-15(12,13)6-9/h5-6H2,1-4H3,(H,10,11). The Hall–Kier alpha value is -0.780. The van der Waals surface area contributed by atoms with Crippen LogP contribution in [0.3, 0.4) is 0 Å². The molecule has 1 fully saturated rings. The van der Waals surface area contributed by atoms with E-state index in [-0.39, 0.29) is 11.5 Å². The highest BCUT2D eigenvalue weighted by Gasteiger charge is 2.46. The van der Waals surface area contributed by atoms with Gasteiger partial charge in [0.2, 0.25) is 0 Å². The number of sulfone groups is 1. The van der Waals surface area contributed by atoms with E-state index in [1.165, 1.54) is 0 Å². The predicted octanol–water partition coefficient (Wildman–Crippen LogP) is 0.698. The number of hydrogen-bond acceptors (Lipinski definition) is 4.